The molecule has 0 bridgehead atoms. The minimum Gasteiger partial charge on any atom is -0.377 e. The fraction of sp³-hybridized carbons (Fsp3) is 0.538. The van der Waals surface area contributed by atoms with Crippen LogP contribution in [-0.2, 0) is 11.3 Å². The van der Waals surface area contributed by atoms with Crippen LogP contribution in [0.3, 0.4) is 0 Å². The van der Waals surface area contributed by atoms with Gasteiger partial charge in [0.2, 0.25) is 0 Å². The minimum atomic E-state index is 0.432. The molecule has 0 spiro atoms. The summed E-state index contributed by atoms with van der Waals surface area (Å²) in [5, 5.41) is 3.48. The number of rotatable bonds is 5. The highest BCUT2D eigenvalue weighted by Gasteiger charge is 2.14. The van der Waals surface area contributed by atoms with Gasteiger partial charge in [-0.3, -0.25) is 0 Å². The number of ether oxygens (including phenoxy) is 1. The Bertz CT molecular complexity index is 323. The fourth-order valence-electron chi connectivity index (χ4n) is 2.02. The topological polar surface area (TPSA) is 21.3 Å². The van der Waals surface area contributed by atoms with E-state index in [1.54, 1.807) is 11.8 Å². The van der Waals surface area contributed by atoms with E-state index in [-0.39, 0.29) is 0 Å². The molecule has 1 aliphatic heterocycles. The maximum Gasteiger partial charge on any atom is 0.0700 e. The smallest absolute Gasteiger partial charge is 0.0700 e. The molecule has 1 heterocycles. The van der Waals surface area contributed by atoms with E-state index in [1.165, 1.54) is 23.3 Å². The van der Waals surface area contributed by atoms with Crippen molar-refractivity contribution in [1.29, 1.82) is 0 Å². The van der Waals surface area contributed by atoms with Crippen molar-refractivity contribution in [3.8, 4) is 0 Å². The van der Waals surface area contributed by atoms with Gasteiger partial charge in [0.25, 0.3) is 0 Å². The van der Waals surface area contributed by atoms with Gasteiger partial charge < -0.3 is 10.1 Å². The molecule has 1 aliphatic rings. The van der Waals surface area contributed by atoms with E-state index >= 15 is 0 Å². The number of thioether (sulfide) groups is 1. The predicted octanol–water partition coefficient (Wildman–Crippen LogP) is 2.68. The third kappa shape index (κ3) is 3.24. The molecule has 1 saturated heterocycles. The zero-order chi connectivity index (χ0) is 11.2. The Kier molecular flexibility index (Phi) is 4.69. The first-order valence-corrected chi connectivity index (χ1v) is 7.07. The van der Waals surface area contributed by atoms with Gasteiger partial charge in [-0.1, -0.05) is 18.2 Å². The molecular weight excluding hydrogens is 218 g/mol. The Balaban J connectivity index is 1.79. The summed E-state index contributed by atoms with van der Waals surface area (Å²) >= 11 is 1.81. The first-order valence-electron chi connectivity index (χ1n) is 5.84. The van der Waals surface area contributed by atoms with Crippen LogP contribution < -0.4 is 5.32 Å². The maximum atomic E-state index is 5.58. The summed E-state index contributed by atoms with van der Waals surface area (Å²) in [6.07, 6.45) is 4.98. The summed E-state index contributed by atoms with van der Waals surface area (Å²) < 4.78 is 5.58. The molecule has 0 amide bonds. The van der Waals surface area contributed by atoms with Crippen LogP contribution in [0.1, 0.15) is 18.4 Å². The van der Waals surface area contributed by atoms with Crippen LogP contribution in [0, 0.1) is 0 Å². The number of nitrogens with one attached hydrogen (secondary N) is 1. The molecule has 0 aliphatic carbocycles. The lowest BCUT2D eigenvalue weighted by atomic mass is 10.2. The summed E-state index contributed by atoms with van der Waals surface area (Å²) in [5.41, 5.74) is 1.38. The van der Waals surface area contributed by atoms with Gasteiger partial charge in [-0.2, -0.15) is 0 Å². The Morgan fingerprint density at radius 3 is 3.06 bits per heavy atom. The highest BCUT2D eigenvalue weighted by atomic mass is 32.2. The predicted molar refractivity (Wildman–Crippen MR) is 68.9 cm³/mol. The Morgan fingerprint density at radius 2 is 2.31 bits per heavy atom. The van der Waals surface area contributed by atoms with Crippen molar-refractivity contribution in [2.75, 3.05) is 19.4 Å². The molecule has 1 aromatic carbocycles. The third-order valence-corrected chi connectivity index (χ3v) is 3.74. The number of hydrogen-bond acceptors (Lipinski definition) is 3. The van der Waals surface area contributed by atoms with Crippen LogP contribution >= 0.6 is 11.8 Å². The van der Waals surface area contributed by atoms with E-state index in [1.807, 2.05) is 0 Å². The standard InChI is InChI=1S/C13H19NOS/c1-16-13-7-3-2-5-11(13)9-14-10-12-6-4-8-15-12/h2-3,5,7,12,14H,4,6,8-10H2,1H3. The molecule has 1 N–H and O–H groups in total. The van der Waals surface area contributed by atoms with E-state index < -0.39 is 0 Å². The molecule has 2 nitrogen and oxygen atoms in total. The zero-order valence-corrected chi connectivity index (χ0v) is 10.6. The molecule has 1 fully saturated rings. The van der Waals surface area contributed by atoms with E-state index in [4.69, 9.17) is 4.74 Å². The maximum absolute atomic E-state index is 5.58. The van der Waals surface area contributed by atoms with Crippen molar-refractivity contribution >= 4 is 11.8 Å². The molecule has 3 heteroatoms. The summed E-state index contributed by atoms with van der Waals surface area (Å²) in [7, 11) is 0. The van der Waals surface area contributed by atoms with Gasteiger partial charge in [-0.25, -0.2) is 0 Å². The van der Waals surface area contributed by atoms with Crippen LogP contribution in [0.2, 0.25) is 0 Å². The van der Waals surface area contributed by atoms with Gasteiger partial charge in [0.1, 0.15) is 0 Å². The monoisotopic (exact) mass is 237 g/mol. The van der Waals surface area contributed by atoms with Crippen molar-refractivity contribution in [3.05, 3.63) is 29.8 Å². The largest absolute Gasteiger partial charge is 0.377 e. The normalized spacial score (nSPS) is 20.2. The molecule has 0 radical (unpaired) electrons. The summed E-state index contributed by atoms with van der Waals surface area (Å²) in [6.45, 7) is 2.85. The van der Waals surface area contributed by atoms with Gasteiger partial charge in [0.05, 0.1) is 6.10 Å². The van der Waals surface area contributed by atoms with Crippen molar-refractivity contribution in [2.24, 2.45) is 0 Å². The quantitative estimate of drug-likeness (QED) is 0.796. The minimum absolute atomic E-state index is 0.432. The van der Waals surface area contributed by atoms with Gasteiger partial charge in [0, 0.05) is 24.6 Å². The Hall–Kier alpha value is -0.510. The molecule has 0 aromatic heterocycles. The summed E-state index contributed by atoms with van der Waals surface area (Å²) in [5.74, 6) is 0. The molecule has 1 unspecified atom stereocenters. The average molecular weight is 237 g/mol. The van der Waals surface area contributed by atoms with Crippen molar-refractivity contribution in [3.63, 3.8) is 0 Å². The SMILES string of the molecule is CSc1ccccc1CNCC1CCCO1. The second kappa shape index (κ2) is 6.28. The summed E-state index contributed by atoms with van der Waals surface area (Å²) in [4.78, 5) is 1.36. The number of benzene rings is 1. The van der Waals surface area contributed by atoms with E-state index in [2.05, 4.69) is 35.8 Å². The fourth-order valence-corrected chi connectivity index (χ4v) is 2.64. The van der Waals surface area contributed by atoms with E-state index in [0.29, 0.717) is 6.10 Å². The molecule has 1 atom stereocenters. The van der Waals surface area contributed by atoms with Gasteiger partial charge in [-0.05, 0) is 30.7 Å². The van der Waals surface area contributed by atoms with Crippen LogP contribution in [0.4, 0.5) is 0 Å². The molecule has 2 rings (SSSR count). The van der Waals surface area contributed by atoms with Crippen LogP contribution in [0.15, 0.2) is 29.2 Å². The van der Waals surface area contributed by atoms with E-state index in [0.717, 1.165) is 19.7 Å². The number of hydrogen-bond donors (Lipinski definition) is 1. The second-order valence-electron chi connectivity index (χ2n) is 4.08. The molecule has 16 heavy (non-hydrogen) atoms. The molecule has 1 aromatic rings. The lowest BCUT2D eigenvalue weighted by Gasteiger charge is -2.12. The highest BCUT2D eigenvalue weighted by molar-refractivity contribution is 7.98. The van der Waals surface area contributed by atoms with Crippen LogP contribution in [0.25, 0.3) is 0 Å². The Labute approximate surface area is 102 Å². The third-order valence-electron chi connectivity index (χ3n) is 2.90. The lowest BCUT2D eigenvalue weighted by molar-refractivity contribution is 0.110. The van der Waals surface area contributed by atoms with E-state index in [9.17, 15) is 0 Å². The average Bonchev–Trinajstić information content (AvgIpc) is 2.83. The van der Waals surface area contributed by atoms with Crippen molar-refractivity contribution in [2.45, 2.75) is 30.4 Å². The van der Waals surface area contributed by atoms with Crippen LogP contribution in [-0.4, -0.2) is 25.5 Å². The molecular formula is C13H19NOS. The summed E-state index contributed by atoms with van der Waals surface area (Å²) in [6, 6.07) is 8.56. The highest BCUT2D eigenvalue weighted by Crippen LogP contribution is 2.19. The van der Waals surface area contributed by atoms with Gasteiger partial charge >= 0.3 is 0 Å². The molecule has 0 saturated carbocycles. The lowest BCUT2D eigenvalue weighted by Crippen LogP contribution is -2.25. The van der Waals surface area contributed by atoms with Gasteiger partial charge in [-0.15, -0.1) is 11.8 Å². The first-order chi connectivity index (χ1) is 7.90. The molecule has 88 valence electrons. The zero-order valence-electron chi connectivity index (χ0n) is 9.74. The van der Waals surface area contributed by atoms with Crippen molar-refractivity contribution < 1.29 is 4.74 Å². The second-order valence-corrected chi connectivity index (χ2v) is 4.93. The van der Waals surface area contributed by atoms with Crippen molar-refractivity contribution in [1.82, 2.24) is 5.32 Å². The van der Waals surface area contributed by atoms with Crippen LogP contribution in [0.5, 0.6) is 0 Å². The first kappa shape index (κ1) is 12.0. The Morgan fingerprint density at radius 1 is 1.44 bits per heavy atom. The van der Waals surface area contributed by atoms with Gasteiger partial charge in [0.15, 0.2) is 0 Å².